The van der Waals surface area contributed by atoms with Crippen molar-refractivity contribution < 1.29 is 9.72 Å². The number of hydrogen-bond donors (Lipinski definition) is 1. The Morgan fingerprint density at radius 3 is 2.82 bits per heavy atom. The van der Waals surface area contributed by atoms with Crippen molar-refractivity contribution >= 4 is 23.2 Å². The highest BCUT2D eigenvalue weighted by Gasteiger charge is 2.26. The first-order chi connectivity index (χ1) is 8.09. The number of nitro groups is 1. The number of carbonyl (C=O) groups is 1. The Morgan fingerprint density at radius 2 is 2.24 bits per heavy atom. The quantitative estimate of drug-likeness (QED) is 0.662. The molecule has 1 aliphatic rings. The van der Waals surface area contributed by atoms with E-state index in [0.29, 0.717) is 12.5 Å². The molecule has 0 atom stereocenters. The lowest BCUT2D eigenvalue weighted by Gasteiger charge is -2.05. The molecule has 0 spiro atoms. The summed E-state index contributed by atoms with van der Waals surface area (Å²) in [7, 11) is 0. The van der Waals surface area contributed by atoms with E-state index in [-0.39, 0.29) is 16.3 Å². The molecule has 1 amide bonds. The second kappa shape index (κ2) is 4.71. The summed E-state index contributed by atoms with van der Waals surface area (Å²) in [6, 6.07) is 4.34. The molecule has 1 saturated carbocycles. The van der Waals surface area contributed by atoms with Crippen LogP contribution >= 0.6 is 11.6 Å². The summed E-state index contributed by atoms with van der Waals surface area (Å²) in [6.45, 7) is 0.572. The van der Waals surface area contributed by atoms with Crippen LogP contribution in [0.4, 0.5) is 5.69 Å². The van der Waals surface area contributed by atoms with Gasteiger partial charge in [0.1, 0.15) is 10.6 Å². The van der Waals surface area contributed by atoms with Gasteiger partial charge in [0.15, 0.2) is 0 Å². The van der Waals surface area contributed by atoms with E-state index < -0.39 is 10.8 Å². The number of benzene rings is 1. The number of para-hydroxylation sites is 1. The van der Waals surface area contributed by atoms with Gasteiger partial charge < -0.3 is 5.32 Å². The lowest BCUT2D eigenvalue weighted by atomic mass is 10.1. The summed E-state index contributed by atoms with van der Waals surface area (Å²) in [4.78, 5) is 22.0. The minimum absolute atomic E-state index is 0.0168. The largest absolute Gasteiger partial charge is 0.352 e. The highest BCUT2D eigenvalue weighted by Crippen LogP contribution is 2.29. The Morgan fingerprint density at radius 1 is 1.53 bits per heavy atom. The number of nitro benzene ring substituents is 1. The normalized spacial score (nSPS) is 14.4. The molecule has 0 aliphatic heterocycles. The lowest BCUT2D eigenvalue weighted by molar-refractivity contribution is -0.385. The molecule has 2 rings (SSSR count). The molecule has 0 unspecified atom stereocenters. The van der Waals surface area contributed by atoms with Crippen molar-refractivity contribution in [3.05, 3.63) is 38.9 Å². The maximum Gasteiger partial charge on any atom is 0.300 e. The second-order valence-corrected chi connectivity index (χ2v) is 4.45. The van der Waals surface area contributed by atoms with E-state index in [1.807, 2.05) is 0 Å². The van der Waals surface area contributed by atoms with Gasteiger partial charge in [0.25, 0.3) is 5.91 Å². The third-order valence-corrected chi connectivity index (χ3v) is 2.97. The molecule has 1 N–H and O–H groups in total. The number of hydrogen-bond acceptors (Lipinski definition) is 3. The molecule has 0 saturated heterocycles. The molecule has 90 valence electrons. The van der Waals surface area contributed by atoms with Crippen LogP contribution in [-0.2, 0) is 0 Å². The summed E-state index contributed by atoms with van der Waals surface area (Å²) < 4.78 is 0. The van der Waals surface area contributed by atoms with Crippen LogP contribution in [0.5, 0.6) is 0 Å². The summed E-state index contributed by atoms with van der Waals surface area (Å²) in [5, 5.41) is 13.5. The van der Waals surface area contributed by atoms with Crippen molar-refractivity contribution in [3.8, 4) is 0 Å². The van der Waals surface area contributed by atoms with Crippen LogP contribution in [0, 0.1) is 16.0 Å². The zero-order valence-corrected chi connectivity index (χ0v) is 9.74. The molecule has 0 aromatic heterocycles. The van der Waals surface area contributed by atoms with Crippen molar-refractivity contribution in [1.82, 2.24) is 5.32 Å². The molecule has 1 aliphatic carbocycles. The Labute approximate surface area is 103 Å². The molecule has 5 nitrogen and oxygen atoms in total. The van der Waals surface area contributed by atoms with Gasteiger partial charge in [0.05, 0.1) is 4.92 Å². The van der Waals surface area contributed by atoms with Gasteiger partial charge in [-0.15, -0.1) is 0 Å². The van der Waals surface area contributed by atoms with Gasteiger partial charge in [-0.3, -0.25) is 14.9 Å². The number of halogens is 1. The predicted molar refractivity (Wildman–Crippen MR) is 63.2 cm³/mol. The highest BCUT2D eigenvalue weighted by molar-refractivity contribution is 6.33. The van der Waals surface area contributed by atoms with Gasteiger partial charge in [0.2, 0.25) is 0 Å². The predicted octanol–water partition coefficient (Wildman–Crippen LogP) is 2.39. The molecular formula is C11H11ClN2O3. The number of amides is 1. The monoisotopic (exact) mass is 254 g/mol. The minimum atomic E-state index is -0.631. The van der Waals surface area contributed by atoms with Gasteiger partial charge in [-0.1, -0.05) is 17.7 Å². The Bertz CT molecular complexity index is 472. The van der Waals surface area contributed by atoms with E-state index >= 15 is 0 Å². The third kappa shape index (κ3) is 2.74. The zero-order valence-electron chi connectivity index (χ0n) is 8.98. The number of rotatable bonds is 4. The molecular weight excluding hydrogens is 244 g/mol. The van der Waals surface area contributed by atoms with E-state index in [1.165, 1.54) is 18.2 Å². The SMILES string of the molecule is O=C(NCC1CC1)c1cccc(Cl)c1[N+](=O)[O-]. The van der Waals surface area contributed by atoms with E-state index in [9.17, 15) is 14.9 Å². The molecule has 17 heavy (non-hydrogen) atoms. The fourth-order valence-electron chi connectivity index (χ4n) is 1.54. The van der Waals surface area contributed by atoms with Crippen molar-refractivity contribution in [1.29, 1.82) is 0 Å². The lowest BCUT2D eigenvalue weighted by Crippen LogP contribution is -2.26. The van der Waals surface area contributed by atoms with Gasteiger partial charge >= 0.3 is 5.69 Å². The molecule has 0 heterocycles. The smallest absolute Gasteiger partial charge is 0.300 e. The topological polar surface area (TPSA) is 72.2 Å². The van der Waals surface area contributed by atoms with E-state index in [2.05, 4.69) is 5.32 Å². The molecule has 0 radical (unpaired) electrons. The molecule has 1 aromatic rings. The Kier molecular flexibility index (Phi) is 3.28. The van der Waals surface area contributed by atoms with E-state index in [1.54, 1.807) is 0 Å². The van der Waals surface area contributed by atoms with Gasteiger partial charge in [0, 0.05) is 6.54 Å². The summed E-state index contributed by atoms with van der Waals surface area (Å²) in [6.07, 6.45) is 2.22. The summed E-state index contributed by atoms with van der Waals surface area (Å²) >= 11 is 5.72. The Balaban J connectivity index is 2.20. The fraction of sp³-hybridized carbons (Fsp3) is 0.364. The van der Waals surface area contributed by atoms with E-state index in [0.717, 1.165) is 12.8 Å². The van der Waals surface area contributed by atoms with Crippen LogP contribution in [0.25, 0.3) is 0 Å². The van der Waals surface area contributed by atoms with Gasteiger partial charge in [-0.2, -0.15) is 0 Å². The van der Waals surface area contributed by atoms with Crippen molar-refractivity contribution in [2.75, 3.05) is 6.54 Å². The molecule has 1 aromatic carbocycles. The molecule has 1 fully saturated rings. The maximum atomic E-state index is 11.8. The standard InChI is InChI=1S/C11H11ClN2O3/c12-9-3-1-2-8(10(9)14(16)17)11(15)13-6-7-4-5-7/h1-3,7H,4-6H2,(H,13,15). The van der Waals surface area contributed by atoms with Gasteiger partial charge in [-0.25, -0.2) is 0 Å². The minimum Gasteiger partial charge on any atom is -0.352 e. The average Bonchev–Trinajstić information content (AvgIpc) is 3.08. The van der Waals surface area contributed by atoms with Crippen LogP contribution in [0.1, 0.15) is 23.2 Å². The number of nitrogens with one attached hydrogen (secondary N) is 1. The van der Waals surface area contributed by atoms with Crippen LogP contribution in [-0.4, -0.2) is 17.4 Å². The number of nitrogens with zero attached hydrogens (tertiary/aromatic N) is 1. The fourth-order valence-corrected chi connectivity index (χ4v) is 1.78. The third-order valence-electron chi connectivity index (χ3n) is 2.66. The first-order valence-corrected chi connectivity index (χ1v) is 5.68. The van der Waals surface area contributed by atoms with Crippen molar-refractivity contribution in [2.24, 2.45) is 5.92 Å². The number of carbonyl (C=O) groups excluding carboxylic acids is 1. The highest BCUT2D eigenvalue weighted by atomic mass is 35.5. The first-order valence-electron chi connectivity index (χ1n) is 5.30. The summed E-state index contributed by atoms with van der Waals surface area (Å²) in [5.41, 5.74) is -0.314. The van der Waals surface area contributed by atoms with Crippen LogP contribution in [0.15, 0.2) is 18.2 Å². The van der Waals surface area contributed by atoms with E-state index in [4.69, 9.17) is 11.6 Å². The molecule has 6 heteroatoms. The maximum absolute atomic E-state index is 11.8. The molecule has 0 bridgehead atoms. The Hall–Kier alpha value is -1.62. The average molecular weight is 255 g/mol. The van der Waals surface area contributed by atoms with Crippen LogP contribution < -0.4 is 5.32 Å². The van der Waals surface area contributed by atoms with Crippen LogP contribution in [0.3, 0.4) is 0 Å². The van der Waals surface area contributed by atoms with Crippen molar-refractivity contribution in [2.45, 2.75) is 12.8 Å². The zero-order chi connectivity index (χ0) is 12.4. The van der Waals surface area contributed by atoms with Crippen molar-refractivity contribution in [3.63, 3.8) is 0 Å². The first kappa shape index (κ1) is 11.9. The second-order valence-electron chi connectivity index (χ2n) is 4.05. The summed E-state index contributed by atoms with van der Waals surface area (Å²) in [5.74, 6) is 0.0864. The van der Waals surface area contributed by atoms with Crippen LogP contribution in [0.2, 0.25) is 5.02 Å². The van der Waals surface area contributed by atoms with Gasteiger partial charge in [-0.05, 0) is 30.9 Å².